The van der Waals surface area contributed by atoms with Gasteiger partial charge in [-0.2, -0.15) is 0 Å². The van der Waals surface area contributed by atoms with Crippen LogP contribution in [0.1, 0.15) is 17.2 Å². The van der Waals surface area contributed by atoms with Crippen LogP contribution in [0, 0.1) is 0 Å². The number of rotatable bonds is 4. The standard InChI is InChI=1S/C17H15NO4/c19-16-10-22-17-13(15-9-21-15)6-12(7-14(17)18-16)20-8-11-4-2-1-3-5-11/h1-7,15H,8-10H2,(H,18,19)/t15-/m0/s1. The molecule has 5 nitrogen and oxygen atoms in total. The number of hydrogen-bond acceptors (Lipinski definition) is 4. The van der Waals surface area contributed by atoms with Crippen molar-refractivity contribution in [3.63, 3.8) is 0 Å². The molecule has 1 N–H and O–H groups in total. The van der Waals surface area contributed by atoms with E-state index in [1.807, 2.05) is 36.4 Å². The van der Waals surface area contributed by atoms with Crippen molar-refractivity contribution in [2.45, 2.75) is 12.7 Å². The average molecular weight is 297 g/mol. The van der Waals surface area contributed by atoms with Crippen molar-refractivity contribution < 1.29 is 19.0 Å². The average Bonchev–Trinajstić information content (AvgIpc) is 3.37. The second-order valence-corrected chi connectivity index (χ2v) is 5.32. The largest absolute Gasteiger partial charge is 0.489 e. The summed E-state index contributed by atoms with van der Waals surface area (Å²) in [7, 11) is 0. The van der Waals surface area contributed by atoms with E-state index in [0.717, 1.165) is 11.1 Å². The number of hydrogen-bond donors (Lipinski definition) is 1. The molecular weight excluding hydrogens is 282 g/mol. The fourth-order valence-electron chi connectivity index (χ4n) is 2.49. The first-order chi connectivity index (χ1) is 10.8. The molecule has 0 spiro atoms. The quantitative estimate of drug-likeness (QED) is 0.881. The number of fused-ring (bicyclic) bond motifs is 1. The van der Waals surface area contributed by atoms with Crippen molar-refractivity contribution in [3.05, 3.63) is 53.6 Å². The third-order valence-electron chi connectivity index (χ3n) is 3.64. The molecular formula is C17H15NO4. The number of anilines is 1. The van der Waals surface area contributed by atoms with Crippen molar-refractivity contribution in [1.29, 1.82) is 0 Å². The van der Waals surface area contributed by atoms with Gasteiger partial charge in [0.1, 0.15) is 24.2 Å². The van der Waals surface area contributed by atoms with E-state index < -0.39 is 0 Å². The first-order valence-electron chi connectivity index (χ1n) is 7.18. The predicted octanol–water partition coefficient (Wildman–Crippen LogP) is 2.67. The molecule has 1 atom stereocenters. The lowest BCUT2D eigenvalue weighted by molar-refractivity contribution is -0.118. The van der Waals surface area contributed by atoms with Crippen molar-refractivity contribution in [2.24, 2.45) is 0 Å². The molecule has 4 rings (SSSR count). The lowest BCUT2D eigenvalue weighted by Crippen LogP contribution is -2.26. The van der Waals surface area contributed by atoms with E-state index in [-0.39, 0.29) is 18.6 Å². The molecule has 2 aromatic carbocycles. The van der Waals surface area contributed by atoms with Crippen molar-refractivity contribution in [1.82, 2.24) is 0 Å². The van der Waals surface area contributed by atoms with Gasteiger partial charge in [-0.15, -0.1) is 0 Å². The summed E-state index contributed by atoms with van der Waals surface area (Å²) in [6.07, 6.45) is 0.0315. The monoisotopic (exact) mass is 297 g/mol. The Morgan fingerprint density at radius 1 is 1.23 bits per heavy atom. The van der Waals surface area contributed by atoms with Crippen LogP contribution in [0.15, 0.2) is 42.5 Å². The Balaban J connectivity index is 1.61. The second kappa shape index (κ2) is 5.35. The molecule has 2 aliphatic heterocycles. The normalized spacial score (nSPS) is 18.9. The zero-order valence-corrected chi connectivity index (χ0v) is 11.9. The van der Waals surface area contributed by atoms with Crippen LogP contribution in [-0.2, 0) is 16.1 Å². The molecule has 5 heteroatoms. The van der Waals surface area contributed by atoms with Crippen LogP contribution >= 0.6 is 0 Å². The lowest BCUT2D eigenvalue weighted by atomic mass is 10.1. The second-order valence-electron chi connectivity index (χ2n) is 5.32. The van der Waals surface area contributed by atoms with Gasteiger partial charge in [0.2, 0.25) is 0 Å². The Kier molecular flexibility index (Phi) is 3.20. The fraction of sp³-hybridized carbons (Fsp3) is 0.235. The van der Waals surface area contributed by atoms with Crippen LogP contribution in [0.4, 0.5) is 5.69 Å². The van der Waals surface area contributed by atoms with Crippen LogP contribution in [-0.4, -0.2) is 19.1 Å². The van der Waals surface area contributed by atoms with Gasteiger partial charge in [0, 0.05) is 11.6 Å². The number of carbonyl (C=O) groups excluding carboxylic acids is 1. The van der Waals surface area contributed by atoms with E-state index in [1.165, 1.54) is 0 Å². The molecule has 0 bridgehead atoms. The lowest BCUT2D eigenvalue weighted by Gasteiger charge is -2.21. The topological polar surface area (TPSA) is 60.1 Å². The molecule has 112 valence electrons. The maximum Gasteiger partial charge on any atom is 0.262 e. The first kappa shape index (κ1) is 13.2. The highest BCUT2D eigenvalue weighted by Crippen LogP contribution is 2.44. The summed E-state index contributed by atoms with van der Waals surface area (Å²) in [6.45, 7) is 1.18. The number of amides is 1. The van der Waals surface area contributed by atoms with E-state index >= 15 is 0 Å². The maximum absolute atomic E-state index is 11.5. The highest BCUT2D eigenvalue weighted by atomic mass is 16.6. The summed E-state index contributed by atoms with van der Waals surface area (Å²) in [5, 5.41) is 2.82. The van der Waals surface area contributed by atoms with Crippen molar-refractivity contribution >= 4 is 11.6 Å². The molecule has 2 aliphatic rings. The van der Waals surface area contributed by atoms with Crippen LogP contribution in [0.25, 0.3) is 0 Å². The minimum Gasteiger partial charge on any atom is -0.489 e. The van der Waals surface area contributed by atoms with Crippen molar-refractivity contribution in [3.8, 4) is 11.5 Å². The molecule has 0 unspecified atom stereocenters. The number of nitrogens with one attached hydrogen (secondary N) is 1. The van der Waals surface area contributed by atoms with Crippen molar-refractivity contribution in [2.75, 3.05) is 18.5 Å². The summed E-state index contributed by atoms with van der Waals surface area (Å²) in [4.78, 5) is 11.5. The smallest absolute Gasteiger partial charge is 0.262 e. The number of benzene rings is 2. The number of carbonyl (C=O) groups is 1. The Morgan fingerprint density at radius 2 is 2.05 bits per heavy atom. The van der Waals surface area contributed by atoms with E-state index in [2.05, 4.69) is 5.32 Å². The van der Waals surface area contributed by atoms with Gasteiger partial charge in [0.15, 0.2) is 6.61 Å². The van der Waals surface area contributed by atoms with E-state index in [4.69, 9.17) is 14.2 Å². The van der Waals surface area contributed by atoms with Gasteiger partial charge < -0.3 is 19.5 Å². The Hall–Kier alpha value is -2.53. The molecule has 1 saturated heterocycles. The first-order valence-corrected chi connectivity index (χ1v) is 7.18. The molecule has 2 aromatic rings. The summed E-state index contributed by atoms with van der Waals surface area (Å²) in [5.41, 5.74) is 2.66. The molecule has 0 radical (unpaired) electrons. The van der Waals surface area contributed by atoms with Gasteiger partial charge >= 0.3 is 0 Å². The molecule has 0 aromatic heterocycles. The van der Waals surface area contributed by atoms with Gasteiger partial charge in [-0.25, -0.2) is 0 Å². The summed E-state index contributed by atoms with van der Waals surface area (Å²) < 4.78 is 16.7. The zero-order valence-electron chi connectivity index (χ0n) is 11.9. The van der Waals surface area contributed by atoms with E-state index in [9.17, 15) is 4.79 Å². The van der Waals surface area contributed by atoms with E-state index in [0.29, 0.717) is 30.4 Å². The van der Waals surface area contributed by atoms with Crippen LogP contribution in [0.2, 0.25) is 0 Å². The Labute approximate surface area is 127 Å². The minimum atomic E-state index is -0.157. The fourth-order valence-corrected chi connectivity index (χ4v) is 2.49. The highest BCUT2D eigenvalue weighted by Gasteiger charge is 2.32. The summed E-state index contributed by atoms with van der Waals surface area (Å²) in [5.74, 6) is 1.23. The van der Waals surface area contributed by atoms with E-state index in [1.54, 1.807) is 6.07 Å². The van der Waals surface area contributed by atoms with Gasteiger partial charge in [-0.3, -0.25) is 4.79 Å². The Bertz CT molecular complexity index is 710. The third-order valence-corrected chi connectivity index (χ3v) is 3.64. The minimum absolute atomic E-state index is 0.0315. The molecule has 1 amide bonds. The number of epoxide rings is 1. The SMILES string of the molecule is O=C1COc2c(cc(OCc3ccccc3)cc2[C@@H]2CO2)N1. The maximum atomic E-state index is 11.5. The predicted molar refractivity (Wildman–Crippen MR) is 80.0 cm³/mol. The van der Waals surface area contributed by atoms with Gasteiger partial charge in [0.25, 0.3) is 5.91 Å². The van der Waals surface area contributed by atoms with Gasteiger partial charge in [-0.1, -0.05) is 30.3 Å². The Morgan fingerprint density at radius 3 is 2.82 bits per heavy atom. The zero-order chi connectivity index (χ0) is 14.9. The van der Waals surface area contributed by atoms with Gasteiger partial charge in [-0.05, 0) is 11.6 Å². The van der Waals surface area contributed by atoms with Gasteiger partial charge in [0.05, 0.1) is 12.3 Å². The number of ether oxygens (including phenoxy) is 3. The summed E-state index contributed by atoms with van der Waals surface area (Å²) >= 11 is 0. The summed E-state index contributed by atoms with van der Waals surface area (Å²) in [6, 6.07) is 13.7. The molecule has 2 heterocycles. The molecule has 1 fully saturated rings. The molecule has 0 saturated carbocycles. The van der Waals surface area contributed by atoms with Crippen LogP contribution in [0.5, 0.6) is 11.5 Å². The van der Waals surface area contributed by atoms with Crippen LogP contribution < -0.4 is 14.8 Å². The highest BCUT2D eigenvalue weighted by molar-refractivity contribution is 5.96. The van der Waals surface area contributed by atoms with Crippen LogP contribution in [0.3, 0.4) is 0 Å². The third kappa shape index (κ3) is 2.63. The molecule has 22 heavy (non-hydrogen) atoms. The molecule has 0 aliphatic carbocycles.